The SMILES string of the molecule is COCCCOc1ccccc1NC(=O)N1CCN(c2cccc(Cl)c2)CC1. The average Bonchev–Trinajstić information content (AvgIpc) is 2.72. The number of amides is 2. The van der Waals surface area contributed by atoms with Gasteiger partial charge in [0.1, 0.15) is 5.75 Å². The molecular weight excluding hydrogens is 378 g/mol. The number of carbonyl (C=O) groups is 1. The van der Waals surface area contributed by atoms with Crippen molar-refractivity contribution in [2.45, 2.75) is 6.42 Å². The molecule has 0 radical (unpaired) electrons. The van der Waals surface area contributed by atoms with Gasteiger partial charge in [0.05, 0.1) is 12.3 Å². The van der Waals surface area contributed by atoms with E-state index in [4.69, 9.17) is 21.1 Å². The Morgan fingerprint density at radius 2 is 1.86 bits per heavy atom. The number of methoxy groups -OCH3 is 1. The van der Waals surface area contributed by atoms with Crippen molar-refractivity contribution in [1.82, 2.24) is 4.90 Å². The fourth-order valence-electron chi connectivity index (χ4n) is 3.12. The van der Waals surface area contributed by atoms with E-state index in [0.29, 0.717) is 37.7 Å². The lowest BCUT2D eigenvalue weighted by molar-refractivity contribution is 0.172. The number of anilines is 2. The number of nitrogens with one attached hydrogen (secondary N) is 1. The van der Waals surface area contributed by atoms with Gasteiger partial charge >= 0.3 is 6.03 Å². The molecule has 6 nitrogen and oxygen atoms in total. The van der Waals surface area contributed by atoms with E-state index in [9.17, 15) is 4.79 Å². The van der Waals surface area contributed by atoms with Gasteiger partial charge in [0.2, 0.25) is 0 Å². The molecule has 2 aromatic rings. The van der Waals surface area contributed by atoms with Gasteiger partial charge in [-0.2, -0.15) is 0 Å². The number of nitrogens with zero attached hydrogens (tertiary/aromatic N) is 2. The summed E-state index contributed by atoms with van der Waals surface area (Å²) in [6.07, 6.45) is 0.796. The second-order valence-electron chi connectivity index (χ2n) is 6.58. The zero-order valence-electron chi connectivity index (χ0n) is 16.1. The summed E-state index contributed by atoms with van der Waals surface area (Å²) >= 11 is 6.08. The maximum atomic E-state index is 12.7. The van der Waals surface area contributed by atoms with E-state index in [1.165, 1.54) is 0 Å². The molecule has 0 aromatic heterocycles. The Balaban J connectivity index is 1.53. The number of benzene rings is 2. The lowest BCUT2D eigenvalue weighted by atomic mass is 10.2. The van der Waals surface area contributed by atoms with E-state index < -0.39 is 0 Å². The summed E-state index contributed by atoms with van der Waals surface area (Å²) in [5.74, 6) is 0.671. The first-order valence-electron chi connectivity index (χ1n) is 9.44. The summed E-state index contributed by atoms with van der Waals surface area (Å²) in [5.41, 5.74) is 1.77. The molecule has 0 atom stereocenters. The van der Waals surface area contributed by atoms with Crippen LogP contribution in [0.2, 0.25) is 5.02 Å². The van der Waals surface area contributed by atoms with E-state index >= 15 is 0 Å². The van der Waals surface area contributed by atoms with Crippen molar-refractivity contribution in [1.29, 1.82) is 0 Å². The van der Waals surface area contributed by atoms with Gasteiger partial charge in [0.15, 0.2) is 0 Å². The van der Waals surface area contributed by atoms with E-state index in [0.717, 1.165) is 30.2 Å². The summed E-state index contributed by atoms with van der Waals surface area (Å²) < 4.78 is 10.8. The van der Waals surface area contributed by atoms with Crippen molar-refractivity contribution < 1.29 is 14.3 Å². The molecule has 0 bridgehead atoms. The molecule has 28 heavy (non-hydrogen) atoms. The molecule has 7 heteroatoms. The van der Waals surface area contributed by atoms with Crippen LogP contribution in [0.5, 0.6) is 5.75 Å². The Morgan fingerprint density at radius 1 is 1.07 bits per heavy atom. The van der Waals surface area contributed by atoms with Crippen molar-refractivity contribution >= 4 is 29.0 Å². The third-order valence-electron chi connectivity index (χ3n) is 4.62. The molecule has 1 aliphatic heterocycles. The molecule has 0 saturated carbocycles. The Hall–Kier alpha value is -2.44. The topological polar surface area (TPSA) is 54.0 Å². The molecule has 3 rings (SSSR count). The van der Waals surface area contributed by atoms with Crippen LogP contribution in [0.4, 0.5) is 16.2 Å². The number of ether oxygens (including phenoxy) is 2. The number of halogens is 1. The summed E-state index contributed by atoms with van der Waals surface area (Å²) in [5, 5.41) is 3.70. The van der Waals surface area contributed by atoms with Crippen LogP contribution in [-0.4, -0.2) is 57.4 Å². The number of hydrogen-bond acceptors (Lipinski definition) is 4. The van der Waals surface area contributed by atoms with Gasteiger partial charge in [-0.1, -0.05) is 29.8 Å². The normalized spacial score (nSPS) is 14.1. The first-order valence-corrected chi connectivity index (χ1v) is 9.82. The smallest absolute Gasteiger partial charge is 0.322 e. The second-order valence-corrected chi connectivity index (χ2v) is 7.01. The number of carbonyl (C=O) groups excluding carboxylic acids is 1. The summed E-state index contributed by atoms with van der Waals surface area (Å²) in [6.45, 7) is 4.01. The molecule has 1 heterocycles. The minimum absolute atomic E-state index is 0.112. The number of hydrogen-bond donors (Lipinski definition) is 1. The average molecular weight is 404 g/mol. The number of rotatable bonds is 7. The minimum atomic E-state index is -0.112. The van der Waals surface area contributed by atoms with Crippen molar-refractivity contribution in [2.24, 2.45) is 0 Å². The summed E-state index contributed by atoms with van der Waals surface area (Å²) in [7, 11) is 1.67. The van der Waals surface area contributed by atoms with Crippen molar-refractivity contribution in [3.05, 3.63) is 53.6 Å². The lowest BCUT2D eigenvalue weighted by Crippen LogP contribution is -2.50. The lowest BCUT2D eigenvalue weighted by Gasteiger charge is -2.36. The first-order chi connectivity index (χ1) is 13.7. The van der Waals surface area contributed by atoms with Crippen LogP contribution in [0, 0.1) is 0 Å². The number of urea groups is 1. The fourth-order valence-corrected chi connectivity index (χ4v) is 3.30. The molecule has 1 saturated heterocycles. The van der Waals surface area contributed by atoms with Crippen molar-refractivity contribution in [3.8, 4) is 5.75 Å². The Kier molecular flexibility index (Phi) is 7.39. The molecule has 1 aliphatic rings. The highest BCUT2D eigenvalue weighted by Gasteiger charge is 2.22. The predicted octanol–water partition coefficient (Wildman–Crippen LogP) is 4.11. The molecule has 0 spiro atoms. The number of para-hydroxylation sites is 2. The summed E-state index contributed by atoms with van der Waals surface area (Å²) in [4.78, 5) is 16.8. The highest BCUT2D eigenvalue weighted by Crippen LogP contribution is 2.25. The van der Waals surface area contributed by atoms with Crippen LogP contribution in [0.3, 0.4) is 0 Å². The van der Waals surface area contributed by atoms with Gasteiger partial charge in [-0.05, 0) is 30.3 Å². The molecular formula is C21H26ClN3O3. The molecule has 0 aliphatic carbocycles. The maximum Gasteiger partial charge on any atom is 0.322 e. The Bertz CT molecular complexity index is 779. The largest absolute Gasteiger partial charge is 0.491 e. The zero-order valence-corrected chi connectivity index (χ0v) is 16.8. The third-order valence-corrected chi connectivity index (χ3v) is 4.85. The molecule has 2 amide bonds. The zero-order chi connectivity index (χ0) is 19.8. The number of piperazine rings is 1. The van der Waals surface area contributed by atoms with Crippen LogP contribution in [0.1, 0.15) is 6.42 Å². The predicted molar refractivity (Wildman–Crippen MR) is 113 cm³/mol. The van der Waals surface area contributed by atoms with Gasteiger partial charge in [0.25, 0.3) is 0 Å². The van der Waals surface area contributed by atoms with E-state index in [-0.39, 0.29) is 6.03 Å². The van der Waals surface area contributed by atoms with E-state index in [1.54, 1.807) is 7.11 Å². The van der Waals surface area contributed by atoms with E-state index in [1.807, 2.05) is 53.4 Å². The molecule has 1 N–H and O–H groups in total. The molecule has 2 aromatic carbocycles. The first kappa shape index (κ1) is 20.3. The second kappa shape index (κ2) is 10.2. The van der Waals surface area contributed by atoms with Crippen LogP contribution < -0.4 is 15.0 Å². The van der Waals surface area contributed by atoms with Gasteiger partial charge in [-0.3, -0.25) is 0 Å². The van der Waals surface area contributed by atoms with Crippen LogP contribution in [0.15, 0.2) is 48.5 Å². The van der Waals surface area contributed by atoms with E-state index in [2.05, 4.69) is 10.2 Å². The van der Waals surface area contributed by atoms with Crippen molar-refractivity contribution in [2.75, 3.05) is 56.7 Å². The standard InChI is InChI=1S/C21H26ClN3O3/c1-27-14-5-15-28-20-9-3-2-8-19(20)23-21(26)25-12-10-24(11-13-25)18-7-4-6-17(22)16-18/h2-4,6-9,16H,5,10-15H2,1H3,(H,23,26). The van der Waals surface area contributed by atoms with Crippen LogP contribution >= 0.6 is 11.6 Å². The minimum Gasteiger partial charge on any atom is -0.491 e. The molecule has 1 fully saturated rings. The third kappa shape index (κ3) is 5.53. The summed E-state index contributed by atoms with van der Waals surface area (Å²) in [6, 6.07) is 15.2. The molecule has 150 valence electrons. The van der Waals surface area contributed by atoms with Gasteiger partial charge in [0, 0.05) is 57.0 Å². The maximum absolute atomic E-state index is 12.7. The van der Waals surface area contributed by atoms with Crippen molar-refractivity contribution in [3.63, 3.8) is 0 Å². The Labute approximate surface area is 171 Å². The van der Waals surface area contributed by atoms with Gasteiger partial charge < -0.3 is 24.6 Å². The highest BCUT2D eigenvalue weighted by molar-refractivity contribution is 6.30. The highest BCUT2D eigenvalue weighted by atomic mass is 35.5. The fraction of sp³-hybridized carbons (Fsp3) is 0.381. The monoisotopic (exact) mass is 403 g/mol. The van der Waals surface area contributed by atoms with Gasteiger partial charge in [-0.15, -0.1) is 0 Å². The van der Waals surface area contributed by atoms with Crippen LogP contribution in [0.25, 0.3) is 0 Å². The van der Waals surface area contributed by atoms with Crippen LogP contribution in [-0.2, 0) is 4.74 Å². The quantitative estimate of drug-likeness (QED) is 0.707. The molecule has 0 unspecified atom stereocenters. The van der Waals surface area contributed by atoms with Gasteiger partial charge in [-0.25, -0.2) is 4.79 Å². The Morgan fingerprint density at radius 3 is 2.61 bits per heavy atom.